The number of hydrazone groups is 1. The molecule has 0 unspecified atom stereocenters. The fraction of sp³-hybridized carbons (Fsp3) is 0.364. The largest absolute Gasteiger partial charge is 0.493 e. The van der Waals surface area contributed by atoms with E-state index in [1.54, 1.807) is 13.3 Å². The summed E-state index contributed by atoms with van der Waals surface area (Å²) in [5.41, 5.74) is 5.61. The van der Waals surface area contributed by atoms with Crippen molar-refractivity contribution >= 4 is 28.1 Å². The van der Waals surface area contributed by atoms with Gasteiger partial charge in [-0.05, 0) is 46.1 Å². The lowest BCUT2D eigenvalue weighted by atomic mass is 10.2. The monoisotopic (exact) mass is 475 g/mol. The molecular weight excluding hydrogens is 450 g/mol. The van der Waals surface area contributed by atoms with E-state index in [1.165, 1.54) is 5.56 Å². The zero-order chi connectivity index (χ0) is 21.3. The molecule has 1 saturated heterocycles. The summed E-state index contributed by atoms with van der Waals surface area (Å²) in [5, 5.41) is 4.06. The lowest BCUT2D eigenvalue weighted by molar-refractivity contribution is -0.123. The number of benzene rings is 2. The van der Waals surface area contributed by atoms with Crippen LogP contribution in [0, 0.1) is 6.92 Å². The van der Waals surface area contributed by atoms with Crippen LogP contribution >= 0.6 is 15.9 Å². The third-order valence-electron chi connectivity index (χ3n) is 4.63. The van der Waals surface area contributed by atoms with Gasteiger partial charge >= 0.3 is 0 Å². The highest BCUT2D eigenvalue weighted by Gasteiger charge is 2.14. The minimum atomic E-state index is -0.155. The van der Waals surface area contributed by atoms with Crippen LogP contribution in [-0.2, 0) is 16.1 Å². The van der Waals surface area contributed by atoms with Crippen molar-refractivity contribution in [1.82, 2.24) is 10.3 Å². The number of rotatable bonds is 8. The molecule has 1 aliphatic heterocycles. The van der Waals surface area contributed by atoms with Gasteiger partial charge in [-0.2, -0.15) is 5.10 Å². The van der Waals surface area contributed by atoms with Gasteiger partial charge in [0.15, 0.2) is 11.5 Å². The van der Waals surface area contributed by atoms with E-state index in [0.29, 0.717) is 37.9 Å². The number of hydrogen-bond acceptors (Lipinski definition) is 6. The SMILES string of the molecule is COc1cc(/C=N/NC(=O)CN2CCOCC2)cc(Br)c1OCc1ccc(C)cc1. The summed E-state index contributed by atoms with van der Waals surface area (Å²) in [6.45, 7) is 5.61. The van der Waals surface area contributed by atoms with Crippen LogP contribution in [-0.4, -0.2) is 57.0 Å². The predicted molar refractivity (Wildman–Crippen MR) is 119 cm³/mol. The molecular formula is C22H26BrN3O4. The molecule has 8 heteroatoms. The molecule has 2 aromatic rings. The van der Waals surface area contributed by atoms with E-state index in [1.807, 2.05) is 29.2 Å². The average Bonchev–Trinajstić information content (AvgIpc) is 2.74. The van der Waals surface area contributed by atoms with Gasteiger partial charge in [0.2, 0.25) is 0 Å². The zero-order valence-corrected chi connectivity index (χ0v) is 18.8. The van der Waals surface area contributed by atoms with Crippen LogP contribution in [0.2, 0.25) is 0 Å². The van der Waals surface area contributed by atoms with Gasteiger partial charge in [-0.3, -0.25) is 9.69 Å². The Hall–Kier alpha value is -2.42. The minimum Gasteiger partial charge on any atom is -0.493 e. The molecule has 7 nitrogen and oxygen atoms in total. The second-order valence-electron chi connectivity index (χ2n) is 6.99. The van der Waals surface area contributed by atoms with Crippen molar-refractivity contribution in [2.45, 2.75) is 13.5 Å². The fourth-order valence-corrected chi connectivity index (χ4v) is 3.54. The van der Waals surface area contributed by atoms with Gasteiger partial charge in [0.1, 0.15) is 6.61 Å². The molecule has 1 aliphatic rings. The number of methoxy groups -OCH3 is 1. The molecule has 30 heavy (non-hydrogen) atoms. The summed E-state index contributed by atoms with van der Waals surface area (Å²) in [7, 11) is 1.59. The minimum absolute atomic E-state index is 0.155. The Labute approximate surface area is 185 Å². The number of ether oxygens (including phenoxy) is 3. The maximum absolute atomic E-state index is 12.0. The lowest BCUT2D eigenvalue weighted by Gasteiger charge is -2.25. The molecule has 0 saturated carbocycles. The summed E-state index contributed by atoms with van der Waals surface area (Å²) in [6, 6.07) is 11.9. The number of nitrogens with zero attached hydrogens (tertiary/aromatic N) is 2. The van der Waals surface area contributed by atoms with Crippen molar-refractivity contribution in [2.75, 3.05) is 40.0 Å². The van der Waals surface area contributed by atoms with E-state index in [2.05, 4.69) is 45.5 Å². The number of carbonyl (C=O) groups excluding carboxylic acids is 1. The topological polar surface area (TPSA) is 72.4 Å². The number of halogens is 1. The van der Waals surface area contributed by atoms with Gasteiger partial charge in [0, 0.05) is 13.1 Å². The quantitative estimate of drug-likeness (QED) is 0.468. The molecule has 1 fully saturated rings. The number of aryl methyl sites for hydroxylation is 1. The van der Waals surface area contributed by atoms with Crippen LogP contribution in [0.25, 0.3) is 0 Å². The highest BCUT2D eigenvalue weighted by molar-refractivity contribution is 9.10. The molecule has 0 aliphatic carbocycles. The summed E-state index contributed by atoms with van der Waals surface area (Å²) in [4.78, 5) is 14.1. The Morgan fingerprint density at radius 1 is 1.27 bits per heavy atom. The van der Waals surface area contributed by atoms with E-state index in [4.69, 9.17) is 14.2 Å². The molecule has 0 spiro atoms. The van der Waals surface area contributed by atoms with Crippen molar-refractivity contribution < 1.29 is 19.0 Å². The fourth-order valence-electron chi connectivity index (χ4n) is 2.97. The highest BCUT2D eigenvalue weighted by Crippen LogP contribution is 2.36. The Morgan fingerprint density at radius 2 is 2.00 bits per heavy atom. The molecule has 2 aromatic carbocycles. The first kappa shape index (κ1) is 22.3. The van der Waals surface area contributed by atoms with Crippen molar-refractivity contribution in [3.63, 3.8) is 0 Å². The number of carbonyl (C=O) groups is 1. The van der Waals surface area contributed by atoms with Gasteiger partial charge in [-0.1, -0.05) is 29.8 Å². The Kier molecular flexibility index (Phi) is 8.24. The first-order chi connectivity index (χ1) is 14.5. The molecule has 0 aromatic heterocycles. The van der Waals surface area contributed by atoms with Crippen LogP contribution in [0.3, 0.4) is 0 Å². The van der Waals surface area contributed by atoms with Crippen molar-refractivity contribution in [3.8, 4) is 11.5 Å². The normalized spacial score (nSPS) is 14.6. The van der Waals surface area contributed by atoms with E-state index in [9.17, 15) is 4.79 Å². The van der Waals surface area contributed by atoms with E-state index < -0.39 is 0 Å². The molecule has 0 atom stereocenters. The highest BCUT2D eigenvalue weighted by atomic mass is 79.9. The zero-order valence-electron chi connectivity index (χ0n) is 17.2. The number of hydrogen-bond donors (Lipinski definition) is 1. The predicted octanol–water partition coefficient (Wildman–Crippen LogP) is 3.13. The first-order valence-electron chi connectivity index (χ1n) is 9.73. The van der Waals surface area contributed by atoms with Crippen molar-refractivity contribution in [1.29, 1.82) is 0 Å². The number of amides is 1. The maximum Gasteiger partial charge on any atom is 0.254 e. The van der Waals surface area contributed by atoms with Crippen LogP contribution in [0.4, 0.5) is 0 Å². The van der Waals surface area contributed by atoms with Gasteiger partial charge in [0.05, 0.1) is 37.6 Å². The molecule has 1 amide bonds. The van der Waals surface area contributed by atoms with Crippen LogP contribution in [0.5, 0.6) is 11.5 Å². The molecule has 160 valence electrons. The average molecular weight is 476 g/mol. The van der Waals surface area contributed by atoms with E-state index >= 15 is 0 Å². The molecule has 0 radical (unpaired) electrons. The molecule has 0 bridgehead atoms. The number of nitrogens with one attached hydrogen (secondary N) is 1. The summed E-state index contributed by atoms with van der Waals surface area (Å²) in [6.07, 6.45) is 1.58. The Bertz CT molecular complexity index is 881. The van der Waals surface area contributed by atoms with Crippen molar-refractivity contribution in [2.24, 2.45) is 5.10 Å². The van der Waals surface area contributed by atoms with Crippen LogP contribution in [0.15, 0.2) is 46.0 Å². The second-order valence-corrected chi connectivity index (χ2v) is 7.84. The van der Waals surface area contributed by atoms with Crippen LogP contribution in [0.1, 0.15) is 16.7 Å². The van der Waals surface area contributed by atoms with Gasteiger partial charge in [0.25, 0.3) is 5.91 Å². The van der Waals surface area contributed by atoms with E-state index in [-0.39, 0.29) is 5.91 Å². The van der Waals surface area contributed by atoms with Crippen LogP contribution < -0.4 is 14.9 Å². The smallest absolute Gasteiger partial charge is 0.254 e. The third-order valence-corrected chi connectivity index (χ3v) is 5.22. The summed E-state index contributed by atoms with van der Waals surface area (Å²) >= 11 is 3.54. The summed E-state index contributed by atoms with van der Waals surface area (Å²) < 4.78 is 17.5. The second kappa shape index (κ2) is 11.1. The molecule has 3 rings (SSSR count). The van der Waals surface area contributed by atoms with Gasteiger partial charge in [-0.25, -0.2) is 5.43 Å². The lowest BCUT2D eigenvalue weighted by Crippen LogP contribution is -2.42. The summed E-state index contributed by atoms with van der Waals surface area (Å²) in [5.74, 6) is 1.04. The third kappa shape index (κ3) is 6.55. The Balaban J connectivity index is 1.59. The van der Waals surface area contributed by atoms with Gasteiger partial charge < -0.3 is 14.2 Å². The van der Waals surface area contributed by atoms with Crippen molar-refractivity contribution in [3.05, 3.63) is 57.6 Å². The van der Waals surface area contributed by atoms with Gasteiger partial charge in [-0.15, -0.1) is 0 Å². The maximum atomic E-state index is 12.0. The number of morpholine rings is 1. The first-order valence-corrected chi connectivity index (χ1v) is 10.5. The van der Waals surface area contributed by atoms with E-state index in [0.717, 1.165) is 28.7 Å². The standard InChI is InChI=1S/C22H26BrN3O4/c1-16-3-5-17(6-4-16)15-30-22-19(23)11-18(12-20(22)28-2)13-24-25-21(27)14-26-7-9-29-10-8-26/h3-6,11-13H,7-10,14-15H2,1-2H3,(H,25,27)/b24-13+. The molecule has 1 heterocycles. The molecule has 1 N–H and O–H groups in total. The Morgan fingerprint density at radius 3 is 2.70 bits per heavy atom.